The van der Waals surface area contributed by atoms with Crippen LogP contribution in [-0.2, 0) is 4.79 Å². The highest BCUT2D eigenvalue weighted by molar-refractivity contribution is 5.95. The number of rotatable bonds is 2. The number of nitrogens with one attached hydrogen (secondary N) is 3. The SMILES string of the molecule is Cc1nc2ccc(NC(=O)C3CNCC3C)cc2[nH]1. The number of aryl methyl sites for hydroxylation is 1. The van der Waals surface area contributed by atoms with Crippen LogP contribution in [0.2, 0.25) is 0 Å². The molecule has 0 spiro atoms. The summed E-state index contributed by atoms with van der Waals surface area (Å²) in [5.74, 6) is 1.41. The van der Waals surface area contributed by atoms with E-state index < -0.39 is 0 Å². The Kier molecular flexibility index (Phi) is 2.98. The van der Waals surface area contributed by atoms with Crippen molar-refractivity contribution in [1.82, 2.24) is 15.3 Å². The highest BCUT2D eigenvalue weighted by Gasteiger charge is 2.29. The molecule has 0 aliphatic carbocycles. The van der Waals surface area contributed by atoms with Gasteiger partial charge in [-0.15, -0.1) is 0 Å². The fraction of sp³-hybridized carbons (Fsp3) is 0.429. The molecule has 2 aromatic rings. The molecule has 1 amide bonds. The van der Waals surface area contributed by atoms with E-state index in [0.29, 0.717) is 5.92 Å². The average molecular weight is 258 g/mol. The molecule has 100 valence electrons. The quantitative estimate of drug-likeness (QED) is 0.767. The Balaban J connectivity index is 1.79. The minimum absolute atomic E-state index is 0.0548. The second-order valence-corrected chi connectivity index (χ2v) is 5.29. The molecule has 2 unspecified atom stereocenters. The number of nitrogens with zero attached hydrogens (tertiary/aromatic N) is 1. The Hall–Kier alpha value is -1.88. The summed E-state index contributed by atoms with van der Waals surface area (Å²) in [5, 5.41) is 6.23. The number of H-pyrrole nitrogens is 1. The van der Waals surface area contributed by atoms with Crippen LogP contribution in [0.1, 0.15) is 12.7 Å². The molecule has 5 heteroatoms. The van der Waals surface area contributed by atoms with Crippen LogP contribution in [0.5, 0.6) is 0 Å². The van der Waals surface area contributed by atoms with E-state index in [2.05, 4.69) is 27.5 Å². The highest BCUT2D eigenvalue weighted by Crippen LogP contribution is 2.21. The Morgan fingerprint density at radius 2 is 2.26 bits per heavy atom. The monoisotopic (exact) mass is 258 g/mol. The van der Waals surface area contributed by atoms with E-state index >= 15 is 0 Å². The average Bonchev–Trinajstić information content (AvgIpc) is 2.93. The maximum Gasteiger partial charge on any atom is 0.229 e. The van der Waals surface area contributed by atoms with Crippen LogP contribution in [0.4, 0.5) is 5.69 Å². The molecule has 19 heavy (non-hydrogen) atoms. The largest absolute Gasteiger partial charge is 0.342 e. The Labute approximate surface area is 111 Å². The number of carbonyl (C=O) groups is 1. The lowest BCUT2D eigenvalue weighted by molar-refractivity contribution is -0.120. The summed E-state index contributed by atoms with van der Waals surface area (Å²) in [6.45, 7) is 5.70. The fourth-order valence-corrected chi connectivity index (χ4v) is 2.61. The van der Waals surface area contributed by atoms with Crippen LogP contribution < -0.4 is 10.6 Å². The summed E-state index contributed by atoms with van der Waals surface area (Å²) in [5.41, 5.74) is 2.69. The van der Waals surface area contributed by atoms with Crippen LogP contribution in [-0.4, -0.2) is 29.0 Å². The molecule has 1 saturated heterocycles. The summed E-state index contributed by atoms with van der Waals surface area (Å²) in [4.78, 5) is 19.7. The summed E-state index contributed by atoms with van der Waals surface area (Å²) in [6, 6.07) is 5.75. The third kappa shape index (κ3) is 2.33. The lowest BCUT2D eigenvalue weighted by atomic mass is 9.97. The van der Waals surface area contributed by atoms with Crippen LogP contribution in [0.15, 0.2) is 18.2 Å². The second-order valence-electron chi connectivity index (χ2n) is 5.29. The first-order valence-electron chi connectivity index (χ1n) is 6.61. The highest BCUT2D eigenvalue weighted by atomic mass is 16.1. The summed E-state index contributed by atoms with van der Waals surface area (Å²) in [7, 11) is 0. The molecule has 2 atom stereocenters. The van der Waals surface area contributed by atoms with Gasteiger partial charge in [0.15, 0.2) is 0 Å². The summed E-state index contributed by atoms with van der Waals surface area (Å²) >= 11 is 0. The molecule has 1 aromatic heterocycles. The van der Waals surface area contributed by atoms with E-state index in [1.807, 2.05) is 25.1 Å². The lowest BCUT2D eigenvalue weighted by Crippen LogP contribution is -2.27. The van der Waals surface area contributed by atoms with Gasteiger partial charge < -0.3 is 15.6 Å². The lowest BCUT2D eigenvalue weighted by Gasteiger charge is -2.14. The number of benzene rings is 1. The number of anilines is 1. The van der Waals surface area contributed by atoms with Gasteiger partial charge >= 0.3 is 0 Å². The summed E-state index contributed by atoms with van der Waals surface area (Å²) in [6.07, 6.45) is 0. The second kappa shape index (κ2) is 4.66. The van der Waals surface area contributed by atoms with Crippen molar-refractivity contribution in [3.63, 3.8) is 0 Å². The molecule has 3 rings (SSSR count). The molecule has 3 N–H and O–H groups in total. The van der Waals surface area contributed by atoms with Crippen molar-refractivity contribution < 1.29 is 4.79 Å². The topological polar surface area (TPSA) is 69.8 Å². The molecular formula is C14H18N4O. The van der Waals surface area contributed by atoms with Gasteiger partial charge in [0.05, 0.1) is 17.0 Å². The van der Waals surface area contributed by atoms with Crippen molar-refractivity contribution in [3.05, 3.63) is 24.0 Å². The van der Waals surface area contributed by atoms with Crippen LogP contribution in [0, 0.1) is 18.8 Å². The number of imidazole rings is 1. The molecule has 1 aliphatic rings. The standard InChI is InChI=1S/C14H18N4O/c1-8-6-15-7-11(8)14(19)18-10-3-4-12-13(5-10)17-9(2)16-12/h3-5,8,11,15H,6-7H2,1-2H3,(H,16,17)(H,18,19). The van der Waals surface area contributed by atoms with Gasteiger partial charge in [0.1, 0.15) is 5.82 Å². The van der Waals surface area contributed by atoms with Gasteiger partial charge in [-0.2, -0.15) is 0 Å². The van der Waals surface area contributed by atoms with E-state index in [4.69, 9.17) is 0 Å². The zero-order chi connectivity index (χ0) is 13.4. The van der Waals surface area contributed by atoms with E-state index in [-0.39, 0.29) is 11.8 Å². The molecular weight excluding hydrogens is 240 g/mol. The number of aromatic nitrogens is 2. The molecule has 0 bridgehead atoms. The van der Waals surface area contributed by atoms with Crippen molar-refractivity contribution >= 4 is 22.6 Å². The van der Waals surface area contributed by atoms with Gasteiger partial charge in [-0.1, -0.05) is 6.92 Å². The third-order valence-electron chi connectivity index (χ3n) is 3.72. The van der Waals surface area contributed by atoms with Crippen LogP contribution in [0.3, 0.4) is 0 Å². The maximum absolute atomic E-state index is 12.2. The number of hydrogen-bond acceptors (Lipinski definition) is 3. The third-order valence-corrected chi connectivity index (χ3v) is 3.72. The number of fused-ring (bicyclic) bond motifs is 1. The van der Waals surface area contributed by atoms with Crippen molar-refractivity contribution in [3.8, 4) is 0 Å². The number of hydrogen-bond donors (Lipinski definition) is 3. The zero-order valence-electron chi connectivity index (χ0n) is 11.2. The van der Waals surface area contributed by atoms with E-state index in [1.165, 1.54) is 0 Å². The van der Waals surface area contributed by atoms with Gasteiger partial charge in [0, 0.05) is 12.2 Å². The van der Waals surface area contributed by atoms with Crippen molar-refractivity contribution in [2.45, 2.75) is 13.8 Å². The Morgan fingerprint density at radius 1 is 1.42 bits per heavy atom. The maximum atomic E-state index is 12.2. The first-order chi connectivity index (χ1) is 9.13. The van der Waals surface area contributed by atoms with Crippen LogP contribution in [0.25, 0.3) is 11.0 Å². The predicted octanol–water partition coefficient (Wildman–Crippen LogP) is 1.67. The van der Waals surface area contributed by atoms with Crippen molar-refractivity contribution in [2.24, 2.45) is 11.8 Å². The minimum atomic E-state index is 0.0548. The fourth-order valence-electron chi connectivity index (χ4n) is 2.61. The van der Waals surface area contributed by atoms with Gasteiger partial charge in [-0.25, -0.2) is 4.98 Å². The van der Waals surface area contributed by atoms with E-state index in [9.17, 15) is 4.79 Å². The summed E-state index contributed by atoms with van der Waals surface area (Å²) < 4.78 is 0. The molecule has 5 nitrogen and oxygen atoms in total. The van der Waals surface area contributed by atoms with Gasteiger partial charge in [0.2, 0.25) is 5.91 Å². The Morgan fingerprint density at radius 3 is 3.00 bits per heavy atom. The molecule has 1 fully saturated rings. The number of aromatic amines is 1. The number of amides is 1. The number of carbonyl (C=O) groups excluding carboxylic acids is 1. The van der Waals surface area contributed by atoms with Gasteiger partial charge in [0.25, 0.3) is 0 Å². The van der Waals surface area contributed by atoms with Crippen molar-refractivity contribution in [2.75, 3.05) is 18.4 Å². The first-order valence-corrected chi connectivity index (χ1v) is 6.61. The Bertz CT molecular complexity index is 619. The van der Waals surface area contributed by atoms with E-state index in [0.717, 1.165) is 35.6 Å². The minimum Gasteiger partial charge on any atom is -0.342 e. The van der Waals surface area contributed by atoms with Crippen molar-refractivity contribution in [1.29, 1.82) is 0 Å². The molecule has 0 radical (unpaired) electrons. The molecule has 1 aromatic carbocycles. The van der Waals surface area contributed by atoms with Gasteiger partial charge in [-0.05, 0) is 37.6 Å². The van der Waals surface area contributed by atoms with Gasteiger partial charge in [-0.3, -0.25) is 4.79 Å². The van der Waals surface area contributed by atoms with E-state index in [1.54, 1.807) is 0 Å². The first kappa shape index (κ1) is 12.2. The van der Waals surface area contributed by atoms with Crippen LogP contribution >= 0.6 is 0 Å². The molecule has 2 heterocycles. The molecule has 1 aliphatic heterocycles. The zero-order valence-corrected chi connectivity index (χ0v) is 11.2. The smallest absolute Gasteiger partial charge is 0.229 e. The molecule has 0 saturated carbocycles. The normalized spacial score (nSPS) is 22.8. The predicted molar refractivity (Wildman–Crippen MR) is 75.0 cm³/mol.